The summed E-state index contributed by atoms with van der Waals surface area (Å²) in [7, 11) is -1.03. The van der Waals surface area contributed by atoms with Crippen LogP contribution in [0.15, 0.2) is 16.9 Å². The second-order valence-corrected chi connectivity index (χ2v) is 13.5. The molecule has 0 spiro atoms. The Morgan fingerprint density at radius 1 is 1.38 bits per heavy atom. The third-order valence-electron chi connectivity index (χ3n) is 3.81. The van der Waals surface area contributed by atoms with Gasteiger partial charge in [-0.1, -0.05) is 19.6 Å². The van der Waals surface area contributed by atoms with Crippen molar-refractivity contribution in [2.45, 2.75) is 51.2 Å². The molecule has 0 N–H and O–H groups in total. The number of hydrogen-bond donors (Lipinski definition) is 0. The summed E-state index contributed by atoms with van der Waals surface area (Å²) in [5.74, 6) is 0.667. The highest BCUT2D eigenvalue weighted by Gasteiger charge is 2.28. The van der Waals surface area contributed by atoms with Gasteiger partial charge in [0.1, 0.15) is 16.9 Å². The van der Waals surface area contributed by atoms with Crippen LogP contribution < -0.4 is 0 Å². The van der Waals surface area contributed by atoms with Crippen LogP contribution in [0.25, 0.3) is 11.2 Å². The van der Waals surface area contributed by atoms with Crippen molar-refractivity contribution in [3.05, 3.63) is 22.6 Å². The molecule has 0 atom stereocenters. The summed E-state index contributed by atoms with van der Waals surface area (Å²) in [6.07, 6.45) is 4.30. The van der Waals surface area contributed by atoms with Crippen LogP contribution in [-0.2, 0) is 11.5 Å². The summed E-state index contributed by atoms with van der Waals surface area (Å²) in [5, 5.41) is 0. The number of rotatable bonds is 6. The molecule has 0 saturated heterocycles. The lowest BCUT2D eigenvalue weighted by atomic mass is 10.3. The van der Waals surface area contributed by atoms with Gasteiger partial charge in [-0.3, -0.25) is 0 Å². The summed E-state index contributed by atoms with van der Waals surface area (Å²) in [6, 6.07) is 3.37. The Bertz CT molecular complexity index is 646. The highest BCUT2D eigenvalue weighted by atomic mass is 79.9. The van der Waals surface area contributed by atoms with E-state index in [1.807, 2.05) is 0 Å². The molecule has 0 bridgehead atoms. The lowest BCUT2D eigenvalue weighted by molar-refractivity contribution is 0.0880. The van der Waals surface area contributed by atoms with Gasteiger partial charge in [-0.15, -0.1) is 0 Å². The average Bonchev–Trinajstić information content (AvgIpc) is 3.16. The average molecular weight is 368 g/mol. The molecule has 21 heavy (non-hydrogen) atoms. The van der Waals surface area contributed by atoms with E-state index in [1.165, 1.54) is 24.6 Å². The Morgan fingerprint density at radius 3 is 2.81 bits per heavy atom. The van der Waals surface area contributed by atoms with Gasteiger partial charge in [-0.25, -0.2) is 9.97 Å². The van der Waals surface area contributed by atoms with Crippen molar-refractivity contribution in [3.63, 3.8) is 0 Å². The number of hydrogen-bond acceptors (Lipinski definition) is 3. The Morgan fingerprint density at radius 2 is 2.14 bits per heavy atom. The molecule has 0 aliphatic heterocycles. The molecule has 4 nitrogen and oxygen atoms in total. The number of halogens is 1. The van der Waals surface area contributed by atoms with Crippen LogP contribution in [0.2, 0.25) is 25.7 Å². The maximum Gasteiger partial charge on any atom is 0.160 e. The molecule has 2 heterocycles. The van der Waals surface area contributed by atoms with Crippen LogP contribution in [0.1, 0.15) is 24.5 Å². The molecule has 3 rings (SSSR count). The largest absolute Gasteiger partial charge is 0.361 e. The van der Waals surface area contributed by atoms with E-state index in [1.54, 1.807) is 6.20 Å². The summed E-state index contributed by atoms with van der Waals surface area (Å²) < 4.78 is 8.92. The van der Waals surface area contributed by atoms with E-state index in [0.29, 0.717) is 12.6 Å². The van der Waals surface area contributed by atoms with Crippen LogP contribution >= 0.6 is 15.9 Å². The van der Waals surface area contributed by atoms with Gasteiger partial charge >= 0.3 is 0 Å². The molecule has 1 aliphatic rings. The zero-order chi connectivity index (χ0) is 15.0. The minimum absolute atomic E-state index is 0.593. The number of fused-ring (bicyclic) bond motifs is 1. The number of ether oxygens (including phenoxy) is 1. The first-order chi connectivity index (χ1) is 9.94. The van der Waals surface area contributed by atoms with Gasteiger partial charge in [-0.2, -0.15) is 0 Å². The highest BCUT2D eigenvalue weighted by Crippen LogP contribution is 2.41. The zero-order valence-corrected chi connectivity index (χ0v) is 15.5. The molecule has 0 amide bonds. The van der Waals surface area contributed by atoms with Crippen molar-refractivity contribution in [2.75, 3.05) is 6.61 Å². The quantitative estimate of drug-likeness (QED) is 0.561. The van der Waals surface area contributed by atoms with Crippen LogP contribution in [-0.4, -0.2) is 29.2 Å². The van der Waals surface area contributed by atoms with Crippen molar-refractivity contribution in [1.82, 2.24) is 14.5 Å². The van der Waals surface area contributed by atoms with Gasteiger partial charge in [-0.05, 0) is 46.8 Å². The van der Waals surface area contributed by atoms with Crippen LogP contribution in [0.3, 0.4) is 0 Å². The third-order valence-corrected chi connectivity index (χ3v) is 5.90. The van der Waals surface area contributed by atoms with E-state index < -0.39 is 8.07 Å². The Hall–Kier alpha value is -0.723. The molecule has 2 aromatic rings. The Labute approximate surface area is 135 Å². The predicted molar refractivity (Wildman–Crippen MR) is 91.3 cm³/mol. The SMILES string of the molecule is C[Si](C)(C)CCOCn1c(C2CC2)cc2nc(Br)cnc21. The molecule has 114 valence electrons. The lowest BCUT2D eigenvalue weighted by Gasteiger charge is -2.16. The molecule has 2 aromatic heterocycles. The molecule has 0 radical (unpaired) electrons. The first kappa shape index (κ1) is 15.2. The fourth-order valence-electron chi connectivity index (χ4n) is 2.41. The Balaban J connectivity index is 1.78. The van der Waals surface area contributed by atoms with Crippen molar-refractivity contribution in [1.29, 1.82) is 0 Å². The minimum atomic E-state index is -1.03. The third kappa shape index (κ3) is 3.73. The van der Waals surface area contributed by atoms with Crippen LogP contribution in [0, 0.1) is 0 Å². The first-order valence-electron chi connectivity index (χ1n) is 7.53. The minimum Gasteiger partial charge on any atom is -0.361 e. The smallest absolute Gasteiger partial charge is 0.160 e. The predicted octanol–water partition coefficient (Wildman–Crippen LogP) is 4.38. The fourth-order valence-corrected chi connectivity index (χ4v) is 3.46. The van der Waals surface area contributed by atoms with Gasteiger partial charge in [0.15, 0.2) is 5.65 Å². The molecule has 0 aromatic carbocycles. The van der Waals surface area contributed by atoms with Gasteiger partial charge < -0.3 is 9.30 Å². The molecule has 1 saturated carbocycles. The first-order valence-corrected chi connectivity index (χ1v) is 12.0. The number of aromatic nitrogens is 3. The van der Waals surface area contributed by atoms with Gasteiger partial charge in [0.2, 0.25) is 0 Å². The summed E-state index contributed by atoms with van der Waals surface area (Å²) >= 11 is 3.40. The van der Waals surface area contributed by atoms with Crippen molar-refractivity contribution in [2.24, 2.45) is 0 Å². The van der Waals surface area contributed by atoms with Gasteiger partial charge in [0.05, 0.1) is 6.20 Å². The summed E-state index contributed by atoms with van der Waals surface area (Å²) in [4.78, 5) is 9.04. The number of nitrogens with zero attached hydrogens (tertiary/aromatic N) is 3. The summed E-state index contributed by atoms with van der Waals surface area (Å²) in [6.45, 7) is 8.56. The fraction of sp³-hybridized carbons (Fsp3) is 0.600. The molecule has 6 heteroatoms. The standard InChI is InChI=1S/C15H22BrN3OSi/c1-21(2,3)7-6-20-10-19-13(11-4-5-11)8-12-15(19)17-9-14(16)18-12/h8-9,11H,4-7,10H2,1-3H3. The normalized spacial score (nSPS) is 15.8. The Kier molecular flexibility index (Phi) is 4.20. The van der Waals surface area contributed by atoms with E-state index >= 15 is 0 Å². The second-order valence-electron chi connectivity index (χ2n) is 7.02. The van der Waals surface area contributed by atoms with Crippen molar-refractivity contribution in [3.8, 4) is 0 Å². The van der Waals surface area contributed by atoms with E-state index in [9.17, 15) is 0 Å². The van der Waals surface area contributed by atoms with Crippen molar-refractivity contribution >= 4 is 35.2 Å². The van der Waals surface area contributed by atoms with Crippen LogP contribution in [0.4, 0.5) is 0 Å². The molecule has 1 fully saturated rings. The van der Waals surface area contributed by atoms with E-state index in [4.69, 9.17) is 4.74 Å². The van der Waals surface area contributed by atoms with Gasteiger partial charge in [0, 0.05) is 20.4 Å². The lowest BCUT2D eigenvalue weighted by Crippen LogP contribution is -2.22. The van der Waals surface area contributed by atoms with Crippen LogP contribution in [0.5, 0.6) is 0 Å². The molecular formula is C15H22BrN3OSi. The van der Waals surface area contributed by atoms with E-state index in [2.05, 4.69) is 56.2 Å². The molecule has 1 aliphatic carbocycles. The van der Waals surface area contributed by atoms with E-state index in [-0.39, 0.29) is 0 Å². The maximum absolute atomic E-state index is 5.93. The zero-order valence-electron chi connectivity index (χ0n) is 12.9. The monoisotopic (exact) mass is 367 g/mol. The second kappa shape index (κ2) is 5.82. The van der Waals surface area contributed by atoms with E-state index in [0.717, 1.165) is 22.4 Å². The van der Waals surface area contributed by atoms with Gasteiger partial charge in [0.25, 0.3) is 0 Å². The molecular weight excluding hydrogens is 346 g/mol. The topological polar surface area (TPSA) is 39.9 Å². The molecule has 0 unspecified atom stereocenters. The van der Waals surface area contributed by atoms with Crippen molar-refractivity contribution < 1.29 is 4.74 Å². The summed E-state index contributed by atoms with van der Waals surface area (Å²) in [5.41, 5.74) is 3.23. The maximum atomic E-state index is 5.93. The highest BCUT2D eigenvalue weighted by molar-refractivity contribution is 9.10.